The van der Waals surface area contributed by atoms with Crippen molar-refractivity contribution >= 4 is 5.97 Å². The summed E-state index contributed by atoms with van der Waals surface area (Å²) < 4.78 is 15.2. The molecule has 7 heteroatoms. The third-order valence-corrected chi connectivity index (χ3v) is 5.08. The van der Waals surface area contributed by atoms with E-state index in [1.54, 1.807) is 13.8 Å². The van der Waals surface area contributed by atoms with Gasteiger partial charge >= 0.3 is 11.8 Å². The lowest BCUT2D eigenvalue weighted by molar-refractivity contribution is 0.0442. The number of nitrogens with two attached hydrogens (primary N) is 1. The summed E-state index contributed by atoms with van der Waals surface area (Å²) in [6.45, 7) is 9.64. The lowest BCUT2D eigenvalue weighted by Gasteiger charge is -2.20. The fourth-order valence-electron chi connectivity index (χ4n) is 3.58. The molecule has 0 amide bonds. The smallest absolute Gasteiger partial charge is 0.454 e. The van der Waals surface area contributed by atoms with Crippen LogP contribution >= 0.6 is 0 Å². The number of hydrogen-bond acceptors (Lipinski definition) is 7. The highest BCUT2D eigenvalue weighted by molar-refractivity contribution is 5.99. The van der Waals surface area contributed by atoms with Crippen LogP contribution in [-0.2, 0) is 24.3 Å². The number of hydrogen-bond donors (Lipinski definition) is 1. The predicted octanol–water partition coefficient (Wildman–Crippen LogP) is 4.23. The van der Waals surface area contributed by atoms with Crippen LogP contribution < -0.4 is 11.6 Å². The summed E-state index contributed by atoms with van der Waals surface area (Å²) in [5.74, 6) is -0.551. The minimum absolute atomic E-state index is 0.177. The molecule has 0 aliphatic rings. The third kappa shape index (κ3) is 4.94. The van der Waals surface area contributed by atoms with E-state index in [4.69, 9.17) is 24.3 Å². The van der Waals surface area contributed by atoms with Gasteiger partial charge in [-0.15, -0.1) is 0 Å². The second-order valence-corrected chi connectivity index (χ2v) is 8.05. The molecule has 0 atom stereocenters. The fourth-order valence-corrected chi connectivity index (χ4v) is 3.58. The van der Waals surface area contributed by atoms with E-state index in [0.717, 1.165) is 34.4 Å². The Bertz CT molecular complexity index is 1140. The standard InChI is InChI=1S/C24H28N2O5/c1-13(2)10-19-18(11-25)22(17-8-6-14(3)7-9-17)21(15(4)26-19)23(27)29-12-20-16(5)30-24(28)31-20/h6-9,13H,10-12,25H2,1-5H3. The van der Waals surface area contributed by atoms with E-state index in [2.05, 4.69) is 13.8 Å². The van der Waals surface area contributed by atoms with Gasteiger partial charge in [0, 0.05) is 17.8 Å². The zero-order valence-electron chi connectivity index (χ0n) is 18.6. The van der Waals surface area contributed by atoms with Crippen molar-refractivity contribution in [3.63, 3.8) is 0 Å². The summed E-state index contributed by atoms with van der Waals surface area (Å²) in [6.07, 6.45) is 0.751. The minimum Gasteiger partial charge on any atom is -0.454 e. The van der Waals surface area contributed by atoms with Crippen LogP contribution in [0.3, 0.4) is 0 Å². The number of benzene rings is 1. The molecule has 0 radical (unpaired) electrons. The molecule has 164 valence electrons. The number of aromatic nitrogens is 1. The summed E-state index contributed by atoms with van der Waals surface area (Å²) in [4.78, 5) is 29.1. The first-order chi connectivity index (χ1) is 14.7. The number of rotatable bonds is 7. The van der Waals surface area contributed by atoms with E-state index in [1.165, 1.54) is 0 Å². The average molecular weight is 424 g/mol. The molecule has 1 aromatic carbocycles. The largest absolute Gasteiger partial charge is 0.519 e. The molecule has 0 aliphatic carbocycles. The third-order valence-electron chi connectivity index (χ3n) is 5.08. The molecule has 2 heterocycles. The molecule has 0 saturated heterocycles. The summed E-state index contributed by atoms with van der Waals surface area (Å²) >= 11 is 0. The van der Waals surface area contributed by atoms with Crippen molar-refractivity contribution in [3.8, 4) is 11.1 Å². The molecule has 2 aromatic heterocycles. The number of aryl methyl sites for hydroxylation is 3. The van der Waals surface area contributed by atoms with Crippen LogP contribution in [-0.4, -0.2) is 11.0 Å². The Hall–Kier alpha value is -3.19. The minimum atomic E-state index is -0.829. The van der Waals surface area contributed by atoms with E-state index in [1.807, 2.05) is 31.2 Å². The summed E-state index contributed by atoms with van der Waals surface area (Å²) in [7, 11) is 0. The van der Waals surface area contributed by atoms with Crippen LogP contribution in [0.4, 0.5) is 0 Å². The molecule has 2 N–H and O–H groups in total. The van der Waals surface area contributed by atoms with Crippen LogP contribution in [0.2, 0.25) is 0 Å². The van der Waals surface area contributed by atoms with Crippen molar-refractivity contribution in [2.45, 2.75) is 54.2 Å². The van der Waals surface area contributed by atoms with E-state index >= 15 is 0 Å². The van der Waals surface area contributed by atoms with Crippen LogP contribution in [0.1, 0.15) is 58.2 Å². The molecule has 0 spiro atoms. The van der Waals surface area contributed by atoms with Crippen molar-refractivity contribution in [1.82, 2.24) is 4.98 Å². The van der Waals surface area contributed by atoms with Crippen LogP contribution in [0.25, 0.3) is 11.1 Å². The highest BCUT2D eigenvalue weighted by Crippen LogP contribution is 2.33. The maximum absolute atomic E-state index is 13.2. The molecule has 0 saturated carbocycles. The van der Waals surface area contributed by atoms with E-state index in [0.29, 0.717) is 17.2 Å². The van der Waals surface area contributed by atoms with Gasteiger partial charge in [0.2, 0.25) is 0 Å². The van der Waals surface area contributed by atoms with Crippen LogP contribution in [0, 0.1) is 26.7 Å². The van der Waals surface area contributed by atoms with Gasteiger partial charge in [-0.2, -0.15) is 0 Å². The van der Waals surface area contributed by atoms with Gasteiger partial charge in [0.15, 0.2) is 18.1 Å². The Balaban J connectivity index is 2.11. The highest BCUT2D eigenvalue weighted by atomic mass is 16.6. The molecular weight excluding hydrogens is 396 g/mol. The summed E-state index contributed by atoms with van der Waals surface area (Å²) in [6, 6.07) is 7.93. The SMILES string of the molecule is Cc1ccc(-c2c(CN)c(CC(C)C)nc(C)c2C(=O)OCc2oc(=O)oc2C)cc1. The first kappa shape index (κ1) is 22.5. The Labute approximate surface area is 181 Å². The monoisotopic (exact) mass is 424 g/mol. The first-order valence-corrected chi connectivity index (χ1v) is 10.3. The maximum Gasteiger partial charge on any atom is 0.519 e. The highest BCUT2D eigenvalue weighted by Gasteiger charge is 2.25. The fraction of sp³-hybridized carbons (Fsp3) is 0.375. The van der Waals surface area contributed by atoms with E-state index in [9.17, 15) is 9.59 Å². The van der Waals surface area contributed by atoms with Crippen molar-refractivity contribution in [1.29, 1.82) is 0 Å². The molecule has 3 aromatic rings. The van der Waals surface area contributed by atoms with Gasteiger partial charge in [0.25, 0.3) is 0 Å². The molecule has 31 heavy (non-hydrogen) atoms. The van der Waals surface area contributed by atoms with Gasteiger partial charge in [0.1, 0.15) is 0 Å². The molecule has 0 aliphatic heterocycles. The van der Waals surface area contributed by atoms with Crippen molar-refractivity contribution < 1.29 is 18.4 Å². The van der Waals surface area contributed by atoms with E-state index in [-0.39, 0.29) is 24.7 Å². The van der Waals surface area contributed by atoms with Crippen LogP contribution in [0.15, 0.2) is 37.9 Å². The first-order valence-electron chi connectivity index (χ1n) is 10.3. The zero-order valence-corrected chi connectivity index (χ0v) is 18.6. The lowest BCUT2D eigenvalue weighted by atomic mass is 9.90. The Morgan fingerprint density at radius 2 is 1.81 bits per heavy atom. The van der Waals surface area contributed by atoms with E-state index < -0.39 is 11.8 Å². The zero-order chi connectivity index (χ0) is 22.7. The second-order valence-electron chi connectivity index (χ2n) is 8.05. The topological polar surface area (TPSA) is 109 Å². The molecular formula is C24H28N2O5. The quantitative estimate of drug-likeness (QED) is 0.565. The molecule has 0 bridgehead atoms. The van der Waals surface area contributed by atoms with Crippen molar-refractivity contribution in [3.05, 3.63) is 74.5 Å². The van der Waals surface area contributed by atoms with Crippen LogP contribution in [0.5, 0.6) is 0 Å². The number of carbonyl (C=O) groups excluding carboxylic acids is 1. The van der Waals surface area contributed by atoms with Gasteiger partial charge in [-0.1, -0.05) is 43.7 Å². The molecule has 0 unspecified atom stereocenters. The number of carbonyl (C=O) groups is 1. The van der Waals surface area contributed by atoms with Gasteiger partial charge in [-0.25, -0.2) is 9.59 Å². The number of ether oxygens (including phenoxy) is 1. The summed E-state index contributed by atoms with van der Waals surface area (Å²) in [5.41, 5.74) is 11.5. The van der Waals surface area contributed by atoms with Crippen molar-refractivity contribution in [2.24, 2.45) is 11.7 Å². The Morgan fingerprint density at radius 1 is 1.13 bits per heavy atom. The molecule has 7 nitrogen and oxygen atoms in total. The molecule has 3 rings (SSSR count). The Morgan fingerprint density at radius 3 is 2.35 bits per heavy atom. The average Bonchev–Trinajstić information content (AvgIpc) is 3.03. The number of pyridine rings is 1. The van der Waals surface area contributed by atoms with Crippen molar-refractivity contribution in [2.75, 3.05) is 0 Å². The second kappa shape index (κ2) is 9.31. The summed E-state index contributed by atoms with van der Waals surface area (Å²) in [5, 5.41) is 0. The van der Waals surface area contributed by atoms with Gasteiger partial charge in [-0.3, -0.25) is 4.98 Å². The predicted molar refractivity (Wildman–Crippen MR) is 117 cm³/mol. The maximum atomic E-state index is 13.2. The van der Waals surface area contributed by atoms with Gasteiger partial charge < -0.3 is 19.3 Å². The Kier molecular flexibility index (Phi) is 6.75. The normalized spacial score (nSPS) is 11.2. The van der Waals surface area contributed by atoms with Gasteiger partial charge in [0.05, 0.1) is 11.3 Å². The number of esters is 1. The molecule has 0 fully saturated rings. The van der Waals surface area contributed by atoms with Gasteiger partial charge in [-0.05, 0) is 44.2 Å². The lowest BCUT2D eigenvalue weighted by Crippen LogP contribution is -2.17. The number of nitrogens with zero attached hydrogens (tertiary/aromatic N) is 1.